The maximum Gasteiger partial charge on any atom is 0.0561 e. The van der Waals surface area contributed by atoms with Crippen LogP contribution in [0.15, 0.2) is 255 Å². The molecule has 4 nitrogen and oxygen atoms in total. The lowest BCUT2D eigenvalue weighted by molar-refractivity contribution is 1.25. The minimum atomic E-state index is 1.06. The van der Waals surface area contributed by atoms with Gasteiger partial charge in [0.05, 0.1) is 11.4 Å². The highest BCUT2D eigenvalue weighted by Crippen LogP contribution is 2.50. The average molecular weight is 821 g/mol. The Hall–Kier alpha value is -8.60. The van der Waals surface area contributed by atoms with E-state index in [1.165, 1.54) is 21.9 Å². The molecule has 0 N–H and O–H groups in total. The van der Waals surface area contributed by atoms with Crippen LogP contribution in [-0.4, -0.2) is 0 Å². The number of rotatable bonds is 12. The Morgan fingerprint density at radius 2 is 0.391 bits per heavy atom. The van der Waals surface area contributed by atoms with Crippen LogP contribution < -0.4 is 19.6 Å². The zero-order valence-electron chi connectivity index (χ0n) is 35.2. The van der Waals surface area contributed by atoms with Crippen molar-refractivity contribution < 1.29 is 0 Å². The second-order valence-electron chi connectivity index (χ2n) is 15.8. The molecule has 11 rings (SSSR count). The average Bonchev–Trinajstić information content (AvgIpc) is 3.80. The maximum atomic E-state index is 2.41. The van der Waals surface area contributed by atoms with Gasteiger partial charge in [-0.15, -0.1) is 0 Å². The molecular formula is C60H44N4. The van der Waals surface area contributed by atoms with Crippen LogP contribution in [0.25, 0.3) is 22.9 Å². The van der Waals surface area contributed by atoms with Crippen molar-refractivity contribution in [2.75, 3.05) is 19.6 Å². The second kappa shape index (κ2) is 17.0. The highest BCUT2D eigenvalue weighted by atomic mass is 15.2. The van der Waals surface area contributed by atoms with E-state index in [0.717, 1.165) is 68.2 Å². The Balaban J connectivity index is 1.08. The van der Waals surface area contributed by atoms with Gasteiger partial charge < -0.3 is 19.6 Å². The number of benzene rings is 10. The summed E-state index contributed by atoms with van der Waals surface area (Å²) in [6.07, 6.45) is 4.50. The predicted octanol–water partition coefficient (Wildman–Crippen LogP) is 17.2. The lowest BCUT2D eigenvalue weighted by Gasteiger charge is -2.32. The summed E-state index contributed by atoms with van der Waals surface area (Å²) in [5.74, 6) is 0. The number of anilines is 12. The Kier molecular flexibility index (Phi) is 10.2. The molecule has 0 saturated heterocycles. The third kappa shape index (κ3) is 7.23. The van der Waals surface area contributed by atoms with E-state index in [-0.39, 0.29) is 0 Å². The molecule has 0 spiro atoms. The molecule has 0 aromatic heterocycles. The van der Waals surface area contributed by atoms with Crippen molar-refractivity contribution in [1.29, 1.82) is 0 Å². The summed E-state index contributed by atoms with van der Waals surface area (Å²) in [6.45, 7) is 0. The highest BCUT2D eigenvalue weighted by Gasteiger charge is 2.26. The zero-order chi connectivity index (χ0) is 42.7. The van der Waals surface area contributed by atoms with E-state index in [4.69, 9.17) is 0 Å². The molecule has 0 amide bonds. The van der Waals surface area contributed by atoms with Gasteiger partial charge in [-0.2, -0.15) is 0 Å². The van der Waals surface area contributed by atoms with Crippen LogP contribution in [0.3, 0.4) is 0 Å². The van der Waals surface area contributed by atoms with Gasteiger partial charge in [-0.25, -0.2) is 0 Å². The molecule has 1 aliphatic rings. The van der Waals surface area contributed by atoms with Gasteiger partial charge in [0.15, 0.2) is 0 Å². The summed E-state index contributed by atoms with van der Waals surface area (Å²) in [7, 11) is 0. The van der Waals surface area contributed by atoms with Gasteiger partial charge in [0.25, 0.3) is 0 Å². The molecule has 0 bridgehead atoms. The smallest absolute Gasteiger partial charge is 0.0561 e. The fourth-order valence-electron chi connectivity index (χ4n) is 9.06. The maximum absolute atomic E-state index is 2.41. The van der Waals surface area contributed by atoms with Crippen LogP contribution in [0.1, 0.15) is 11.1 Å². The summed E-state index contributed by atoms with van der Waals surface area (Å²) in [6, 6.07) is 90.9. The van der Waals surface area contributed by atoms with Gasteiger partial charge in [-0.3, -0.25) is 0 Å². The first kappa shape index (κ1) is 38.3. The van der Waals surface area contributed by atoms with E-state index in [2.05, 4.69) is 287 Å². The van der Waals surface area contributed by atoms with E-state index in [9.17, 15) is 0 Å². The minimum absolute atomic E-state index is 1.06. The topological polar surface area (TPSA) is 13.0 Å². The number of nitrogens with zero attached hydrogens (tertiary/aromatic N) is 4. The SMILES string of the molecule is C1=Cc2ccc(N(c3ccccc3)c3ccc(N(c4ccccc4)c4ccccc4)cc3)c3c(N(c4ccccc4)c4ccc(N(c5ccccc5)c5ccccc5)cc4)ccc1c23. The first-order chi connectivity index (χ1) is 31.8. The van der Waals surface area contributed by atoms with Gasteiger partial charge in [-0.1, -0.05) is 133 Å². The van der Waals surface area contributed by atoms with E-state index >= 15 is 0 Å². The Bertz CT molecular complexity index is 2880. The summed E-state index contributed by atoms with van der Waals surface area (Å²) >= 11 is 0. The van der Waals surface area contributed by atoms with E-state index < -0.39 is 0 Å². The van der Waals surface area contributed by atoms with Gasteiger partial charge in [0.1, 0.15) is 0 Å². The van der Waals surface area contributed by atoms with Crippen molar-refractivity contribution in [1.82, 2.24) is 0 Å². The Labute approximate surface area is 375 Å². The molecule has 10 aromatic rings. The number of hydrogen-bond donors (Lipinski definition) is 0. The third-order valence-corrected chi connectivity index (χ3v) is 11.9. The Morgan fingerprint density at radius 1 is 0.172 bits per heavy atom. The quantitative estimate of drug-likeness (QED) is 0.122. The third-order valence-electron chi connectivity index (χ3n) is 11.9. The van der Waals surface area contributed by atoms with E-state index in [1.54, 1.807) is 0 Å². The van der Waals surface area contributed by atoms with Crippen LogP contribution in [0, 0.1) is 0 Å². The summed E-state index contributed by atoms with van der Waals surface area (Å²) < 4.78 is 0. The molecule has 0 fully saturated rings. The van der Waals surface area contributed by atoms with Crippen molar-refractivity contribution in [3.63, 3.8) is 0 Å². The van der Waals surface area contributed by atoms with Crippen molar-refractivity contribution in [3.05, 3.63) is 266 Å². The van der Waals surface area contributed by atoms with Crippen molar-refractivity contribution in [2.24, 2.45) is 0 Å². The van der Waals surface area contributed by atoms with Crippen molar-refractivity contribution >= 4 is 91.2 Å². The van der Waals surface area contributed by atoms with E-state index in [0.29, 0.717) is 0 Å². The van der Waals surface area contributed by atoms with E-state index in [1.807, 2.05) is 0 Å². The fourth-order valence-corrected chi connectivity index (χ4v) is 9.06. The molecule has 4 heteroatoms. The van der Waals surface area contributed by atoms with Crippen LogP contribution in [-0.2, 0) is 0 Å². The molecular weight excluding hydrogens is 777 g/mol. The van der Waals surface area contributed by atoms with Crippen LogP contribution in [0.4, 0.5) is 68.2 Å². The molecule has 0 radical (unpaired) electrons. The Morgan fingerprint density at radius 3 is 0.656 bits per heavy atom. The van der Waals surface area contributed by atoms with Crippen molar-refractivity contribution in [3.8, 4) is 0 Å². The van der Waals surface area contributed by atoms with Crippen LogP contribution >= 0.6 is 0 Å². The van der Waals surface area contributed by atoms with Gasteiger partial charge >= 0.3 is 0 Å². The first-order valence-corrected chi connectivity index (χ1v) is 21.8. The monoisotopic (exact) mass is 820 g/mol. The molecule has 0 heterocycles. The first-order valence-electron chi connectivity index (χ1n) is 21.8. The molecule has 0 unspecified atom stereocenters. The van der Waals surface area contributed by atoms with Crippen LogP contribution in [0.5, 0.6) is 0 Å². The van der Waals surface area contributed by atoms with Gasteiger partial charge in [-0.05, 0) is 145 Å². The second-order valence-corrected chi connectivity index (χ2v) is 15.8. The summed E-state index contributed by atoms with van der Waals surface area (Å²) in [5.41, 5.74) is 15.5. The molecule has 0 saturated carbocycles. The normalized spacial score (nSPS) is 11.4. The molecule has 0 atom stereocenters. The molecule has 64 heavy (non-hydrogen) atoms. The van der Waals surface area contributed by atoms with Gasteiger partial charge in [0, 0.05) is 67.6 Å². The standard InChI is InChI=1S/C60H44N4/c1-7-19-47(20-8-1)61(48-21-9-2-10-22-48)53-35-39-55(40-36-53)63(51-27-15-5-16-28-51)57-43-33-45-31-32-46-34-44-58(60(57)59(45)46)64(52-29-17-6-18-30-52)56-41-37-54(38-42-56)62(49-23-11-3-12-24-49)50-25-13-4-14-26-50/h1-44H. The number of para-hydroxylation sites is 6. The van der Waals surface area contributed by atoms with Crippen LogP contribution in [0.2, 0.25) is 0 Å². The fraction of sp³-hybridized carbons (Fsp3) is 0. The lowest BCUT2D eigenvalue weighted by atomic mass is 9.97. The highest BCUT2D eigenvalue weighted by molar-refractivity contribution is 6.17. The van der Waals surface area contributed by atoms with Gasteiger partial charge in [0.2, 0.25) is 0 Å². The minimum Gasteiger partial charge on any atom is -0.311 e. The largest absolute Gasteiger partial charge is 0.311 e. The molecule has 304 valence electrons. The lowest BCUT2D eigenvalue weighted by Crippen LogP contribution is -2.15. The number of hydrogen-bond acceptors (Lipinski definition) is 4. The molecule has 10 aromatic carbocycles. The summed E-state index contributed by atoms with van der Waals surface area (Å²) in [4.78, 5) is 9.43. The van der Waals surface area contributed by atoms with Crippen molar-refractivity contribution in [2.45, 2.75) is 0 Å². The summed E-state index contributed by atoms with van der Waals surface area (Å²) in [5, 5.41) is 2.41. The zero-order valence-corrected chi connectivity index (χ0v) is 35.2. The molecule has 0 aliphatic heterocycles. The predicted molar refractivity (Wildman–Crippen MR) is 272 cm³/mol. The molecule has 1 aliphatic carbocycles.